The van der Waals surface area contributed by atoms with E-state index in [4.69, 9.17) is 9.47 Å². The van der Waals surface area contributed by atoms with Crippen LogP contribution < -0.4 is 14.8 Å². The average molecular weight is 383 g/mol. The maximum atomic E-state index is 10.3. The van der Waals surface area contributed by atoms with Gasteiger partial charge in [0.05, 0.1) is 20.3 Å². The number of aromatic hydroxyl groups is 2. The summed E-state index contributed by atoms with van der Waals surface area (Å²) < 4.78 is 11.0. The van der Waals surface area contributed by atoms with Crippen molar-refractivity contribution in [2.75, 3.05) is 27.3 Å². The van der Waals surface area contributed by atoms with Crippen molar-refractivity contribution >= 4 is 10.8 Å². The quantitative estimate of drug-likeness (QED) is 0.353. The predicted molar refractivity (Wildman–Crippen MR) is 108 cm³/mol. The molecule has 0 amide bonds. The highest BCUT2D eigenvalue weighted by Crippen LogP contribution is 2.35. The van der Waals surface area contributed by atoms with Gasteiger partial charge in [-0.1, -0.05) is 24.3 Å². The minimum atomic E-state index is -0.784. The molecule has 0 bridgehead atoms. The summed E-state index contributed by atoms with van der Waals surface area (Å²) in [6.07, 6.45) is -0.0392. The zero-order valence-corrected chi connectivity index (χ0v) is 16.0. The molecule has 0 heterocycles. The van der Waals surface area contributed by atoms with E-state index in [0.29, 0.717) is 18.7 Å². The number of phenols is 2. The third kappa shape index (κ3) is 4.13. The lowest BCUT2D eigenvalue weighted by Gasteiger charge is -2.15. The molecular weight excluding hydrogens is 358 g/mol. The molecule has 3 aromatic rings. The first kappa shape index (κ1) is 19.8. The molecular formula is C22H25NO5. The smallest absolute Gasteiger partial charge is 0.157 e. The molecule has 1 unspecified atom stereocenters. The SMILES string of the molecule is COc1ccc(CCNCC(O)c2ccc(O)c(O)c2)c2c(OC)cccc12. The van der Waals surface area contributed by atoms with Crippen LogP contribution in [0.3, 0.4) is 0 Å². The second-order valence-electron chi connectivity index (χ2n) is 6.53. The summed E-state index contributed by atoms with van der Waals surface area (Å²) in [4.78, 5) is 0. The van der Waals surface area contributed by atoms with E-state index in [2.05, 4.69) is 5.32 Å². The minimum Gasteiger partial charge on any atom is -0.504 e. The van der Waals surface area contributed by atoms with Crippen molar-refractivity contribution in [3.8, 4) is 23.0 Å². The van der Waals surface area contributed by atoms with E-state index in [9.17, 15) is 15.3 Å². The summed E-state index contributed by atoms with van der Waals surface area (Å²) in [6.45, 7) is 0.982. The Kier molecular flexibility index (Phi) is 6.23. The highest BCUT2D eigenvalue weighted by atomic mass is 16.5. The molecule has 0 aliphatic heterocycles. The lowest BCUT2D eigenvalue weighted by atomic mass is 10.00. The van der Waals surface area contributed by atoms with Crippen molar-refractivity contribution in [2.24, 2.45) is 0 Å². The normalized spacial score (nSPS) is 12.1. The first-order valence-electron chi connectivity index (χ1n) is 9.08. The van der Waals surface area contributed by atoms with Crippen LogP contribution in [-0.4, -0.2) is 42.6 Å². The first-order valence-corrected chi connectivity index (χ1v) is 9.08. The van der Waals surface area contributed by atoms with E-state index in [0.717, 1.165) is 34.3 Å². The highest BCUT2D eigenvalue weighted by Gasteiger charge is 2.12. The number of hydrogen-bond acceptors (Lipinski definition) is 6. The molecule has 0 saturated heterocycles. The van der Waals surface area contributed by atoms with Crippen molar-refractivity contribution in [3.05, 3.63) is 59.7 Å². The Hall–Kier alpha value is -2.96. The number of methoxy groups -OCH3 is 2. The number of aliphatic hydroxyl groups excluding tert-OH is 1. The fourth-order valence-electron chi connectivity index (χ4n) is 3.30. The van der Waals surface area contributed by atoms with Crippen LogP contribution in [-0.2, 0) is 6.42 Å². The van der Waals surface area contributed by atoms with E-state index >= 15 is 0 Å². The standard InChI is InChI=1S/C22H25NO5/c1-27-20-9-7-14(22-16(20)4-3-5-21(22)28-2)10-11-23-13-19(26)15-6-8-17(24)18(25)12-15/h3-9,12,19,23-26H,10-11,13H2,1-2H3. The number of rotatable bonds is 8. The van der Waals surface area contributed by atoms with Gasteiger partial charge in [-0.3, -0.25) is 0 Å². The second kappa shape index (κ2) is 8.82. The fraction of sp³-hybridized carbons (Fsp3) is 0.273. The molecule has 0 saturated carbocycles. The number of aliphatic hydroxyl groups is 1. The molecule has 0 radical (unpaired) electrons. The van der Waals surface area contributed by atoms with E-state index in [1.165, 1.54) is 12.1 Å². The van der Waals surface area contributed by atoms with Crippen molar-refractivity contribution < 1.29 is 24.8 Å². The Labute approximate surface area is 164 Å². The number of phenolic OH excluding ortho intramolecular Hbond substituents is 2. The third-order valence-corrected chi connectivity index (χ3v) is 4.78. The molecule has 0 aliphatic carbocycles. The largest absolute Gasteiger partial charge is 0.504 e. The van der Waals surface area contributed by atoms with Gasteiger partial charge in [0.15, 0.2) is 11.5 Å². The van der Waals surface area contributed by atoms with Crippen LogP contribution in [0.2, 0.25) is 0 Å². The summed E-state index contributed by atoms with van der Waals surface area (Å²) in [7, 11) is 3.30. The van der Waals surface area contributed by atoms with Crippen LogP contribution in [0.25, 0.3) is 10.8 Å². The molecule has 148 valence electrons. The summed E-state index contributed by atoms with van der Waals surface area (Å²) in [5.41, 5.74) is 1.66. The van der Waals surface area contributed by atoms with Crippen molar-refractivity contribution in [2.45, 2.75) is 12.5 Å². The number of fused-ring (bicyclic) bond motifs is 1. The van der Waals surface area contributed by atoms with Crippen LogP contribution in [0.1, 0.15) is 17.2 Å². The first-order chi connectivity index (χ1) is 13.5. The molecule has 3 aromatic carbocycles. The molecule has 0 fully saturated rings. The Morgan fingerprint density at radius 2 is 1.71 bits per heavy atom. The van der Waals surface area contributed by atoms with E-state index in [1.807, 2.05) is 30.3 Å². The monoisotopic (exact) mass is 383 g/mol. The summed E-state index contributed by atoms with van der Waals surface area (Å²) in [6, 6.07) is 14.2. The lowest BCUT2D eigenvalue weighted by molar-refractivity contribution is 0.174. The van der Waals surface area contributed by atoms with E-state index in [1.54, 1.807) is 20.3 Å². The van der Waals surface area contributed by atoms with Crippen LogP contribution in [0.4, 0.5) is 0 Å². The minimum absolute atomic E-state index is 0.204. The number of benzene rings is 3. The van der Waals surface area contributed by atoms with Gasteiger partial charge in [-0.2, -0.15) is 0 Å². The maximum absolute atomic E-state index is 10.3. The van der Waals surface area contributed by atoms with E-state index < -0.39 is 6.10 Å². The van der Waals surface area contributed by atoms with Crippen LogP contribution in [0.15, 0.2) is 48.5 Å². The lowest BCUT2D eigenvalue weighted by Crippen LogP contribution is -2.23. The number of hydrogen-bond donors (Lipinski definition) is 4. The fourth-order valence-corrected chi connectivity index (χ4v) is 3.30. The molecule has 4 N–H and O–H groups in total. The third-order valence-electron chi connectivity index (χ3n) is 4.78. The van der Waals surface area contributed by atoms with Gasteiger partial charge >= 0.3 is 0 Å². The van der Waals surface area contributed by atoms with Gasteiger partial charge in [-0.15, -0.1) is 0 Å². The Morgan fingerprint density at radius 3 is 2.43 bits per heavy atom. The van der Waals surface area contributed by atoms with Crippen LogP contribution in [0, 0.1) is 0 Å². The zero-order valence-electron chi connectivity index (χ0n) is 16.0. The van der Waals surface area contributed by atoms with Crippen LogP contribution in [0.5, 0.6) is 23.0 Å². The van der Waals surface area contributed by atoms with Gasteiger partial charge in [0, 0.05) is 17.3 Å². The van der Waals surface area contributed by atoms with Crippen molar-refractivity contribution in [3.63, 3.8) is 0 Å². The Bertz CT molecular complexity index is 957. The maximum Gasteiger partial charge on any atom is 0.157 e. The Balaban J connectivity index is 1.68. The molecule has 1 atom stereocenters. The predicted octanol–water partition coefficient (Wildman–Crippen LogP) is 3.13. The summed E-state index contributed by atoms with van der Waals surface area (Å²) in [5.74, 6) is 1.15. The van der Waals surface area contributed by atoms with Gasteiger partial charge in [0.2, 0.25) is 0 Å². The van der Waals surface area contributed by atoms with Crippen LogP contribution >= 0.6 is 0 Å². The van der Waals surface area contributed by atoms with Gasteiger partial charge in [0.25, 0.3) is 0 Å². The molecule has 0 aliphatic rings. The molecule has 0 aromatic heterocycles. The second-order valence-corrected chi connectivity index (χ2v) is 6.53. The van der Waals surface area contributed by atoms with Gasteiger partial charge in [0.1, 0.15) is 11.5 Å². The van der Waals surface area contributed by atoms with Gasteiger partial charge in [-0.05, 0) is 48.4 Å². The van der Waals surface area contributed by atoms with Crippen molar-refractivity contribution in [1.82, 2.24) is 5.32 Å². The summed E-state index contributed by atoms with van der Waals surface area (Å²) in [5, 5.41) is 34.4. The van der Waals surface area contributed by atoms with Crippen molar-refractivity contribution in [1.29, 1.82) is 0 Å². The van der Waals surface area contributed by atoms with Gasteiger partial charge in [-0.25, -0.2) is 0 Å². The van der Waals surface area contributed by atoms with E-state index in [-0.39, 0.29) is 11.5 Å². The molecule has 6 nitrogen and oxygen atoms in total. The molecule has 0 spiro atoms. The number of ether oxygens (including phenoxy) is 2. The summed E-state index contributed by atoms with van der Waals surface area (Å²) >= 11 is 0. The Morgan fingerprint density at radius 1 is 0.929 bits per heavy atom. The molecule has 3 rings (SSSR count). The number of nitrogens with one attached hydrogen (secondary N) is 1. The zero-order chi connectivity index (χ0) is 20.1. The van der Waals surface area contributed by atoms with Gasteiger partial charge < -0.3 is 30.1 Å². The molecule has 6 heteroatoms. The highest BCUT2D eigenvalue weighted by molar-refractivity contribution is 5.95. The molecule has 28 heavy (non-hydrogen) atoms. The topological polar surface area (TPSA) is 91.2 Å². The average Bonchev–Trinajstić information content (AvgIpc) is 2.72.